The smallest absolute Gasteiger partial charge is 0.00788 e. The van der Waals surface area contributed by atoms with E-state index in [9.17, 15) is 0 Å². The van der Waals surface area contributed by atoms with Gasteiger partial charge in [0.15, 0.2) is 0 Å². The second-order valence-corrected chi connectivity index (χ2v) is 1.64. The molecule has 0 aromatic rings. The van der Waals surface area contributed by atoms with E-state index in [1.54, 1.807) is 6.92 Å². The van der Waals surface area contributed by atoms with Crippen LogP contribution in [-0.4, -0.2) is 6.21 Å². The monoisotopic (exact) mass is 115 g/mol. The molecule has 0 heterocycles. The van der Waals surface area contributed by atoms with Crippen molar-refractivity contribution < 1.29 is 0 Å². The van der Waals surface area contributed by atoms with Gasteiger partial charge in [0.05, 0.1) is 0 Å². The Kier molecular flexibility index (Phi) is 21.1. The molecule has 1 N–H and O–H groups in total. The first-order valence-corrected chi connectivity index (χ1v) is 3.28. The maximum Gasteiger partial charge on any atom is -0.00788 e. The third kappa shape index (κ3) is 44.3. The maximum atomic E-state index is 6.08. The summed E-state index contributed by atoms with van der Waals surface area (Å²) in [7, 11) is 0. The molecule has 0 aliphatic rings. The molecule has 0 saturated carbocycles. The Labute approximate surface area is 52.6 Å². The van der Waals surface area contributed by atoms with Crippen molar-refractivity contribution >= 4 is 6.21 Å². The van der Waals surface area contributed by atoms with Crippen LogP contribution in [0.2, 0.25) is 0 Å². The van der Waals surface area contributed by atoms with E-state index >= 15 is 0 Å². The molecule has 0 aliphatic carbocycles. The van der Waals surface area contributed by atoms with E-state index in [4.69, 9.17) is 5.41 Å². The first-order valence-electron chi connectivity index (χ1n) is 3.28. The van der Waals surface area contributed by atoms with Crippen LogP contribution in [0, 0.1) is 5.41 Å². The zero-order chi connectivity index (χ0) is 6.83. The minimum atomic E-state index is 1.25. The van der Waals surface area contributed by atoms with Gasteiger partial charge in [0, 0.05) is 0 Å². The lowest BCUT2D eigenvalue weighted by atomic mass is 10.3. The minimum Gasteiger partial charge on any atom is -0.313 e. The fourth-order valence-corrected chi connectivity index (χ4v) is 0.354. The summed E-state index contributed by atoms with van der Waals surface area (Å²) in [5.41, 5.74) is 0. The predicted molar refractivity (Wildman–Crippen MR) is 39.7 cm³/mol. The van der Waals surface area contributed by atoms with Crippen molar-refractivity contribution in [2.45, 2.75) is 40.0 Å². The van der Waals surface area contributed by atoms with Gasteiger partial charge in [0.1, 0.15) is 0 Å². The molecule has 1 nitrogen and oxygen atoms in total. The Morgan fingerprint density at radius 2 is 1.50 bits per heavy atom. The van der Waals surface area contributed by atoms with Crippen molar-refractivity contribution in [1.82, 2.24) is 0 Å². The molecule has 50 valence electrons. The molecular weight excluding hydrogens is 98.1 g/mol. The van der Waals surface area contributed by atoms with Gasteiger partial charge in [-0.1, -0.05) is 33.1 Å². The predicted octanol–water partition coefficient (Wildman–Crippen LogP) is 2.85. The zero-order valence-corrected chi connectivity index (χ0v) is 6.20. The summed E-state index contributed by atoms with van der Waals surface area (Å²) in [6.45, 7) is 6.09. The topological polar surface area (TPSA) is 23.9 Å². The van der Waals surface area contributed by atoms with E-state index in [2.05, 4.69) is 13.8 Å². The van der Waals surface area contributed by atoms with Gasteiger partial charge in [-0.3, -0.25) is 0 Å². The lowest BCUT2D eigenvalue weighted by molar-refractivity contribution is 0.772. The standard InChI is InChI=1S/C5H12.C2H5N/c1-3-5-4-2;1-2-3/h3-5H2,1-2H3;2-3H,1H3. The van der Waals surface area contributed by atoms with Crippen LogP contribution < -0.4 is 0 Å². The summed E-state index contributed by atoms with van der Waals surface area (Å²) >= 11 is 0. The molecule has 8 heavy (non-hydrogen) atoms. The third-order valence-electron chi connectivity index (χ3n) is 0.707. The summed E-state index contributed by atoms with van der Waals surface area (Å²) in [5, 5.41) is 6.08. The lowest BCUT2D eigenvalue weighted by Crippen LogP contribution is -1.59. The van der Waals surface area contributed by atoms with Gasteiger partial charge >= 0.3 is 0 Å². The quantitative estimate of drug-likeness (QED) is 0.535. The van der Waals surface area contributed by atoms with E-state index in [-0.39, 0.29) is 0 Å². The number of hydrogen-bond acceptors (Lipinski definition) is 1. The normalized spacial score (nSPS) is 6.88. The highest BCUT2D eigenvalue weighted by molar-refractivity contribution is 5.48. The Balaban J connectivity index is 0. The summed E-state index contributed by atoms with van der Waals surface area (Å²) in [5.74, 6) is 0. The summed E-state index contributed by atoms with van der Waals surface area (Å²) in [4.78, 5) is 0. The van der Waals surface area contributed by atoms with Crippen molar-refractivity contribution in [3.8, 4) is 0 Å². The Morgan fingerprint density at radius 3 is 1.50 bits per heavy atom. The van der Waals surface area contributed by atoms with Crippen LogP contribution in [0.4, 0.5) is 0 Å². The van der Waals surface area contributed by atoms with Gasteiger partial charge < -0.3 is 5.41 Å². The molecular formula is C7H17N. The highest BCUT2D eigenvalue weighted by atomic mass is 14.3. The third-order valence-corrected chi connectivity index (χ3v) is 0.707. The number of nitrogens with one attached hydrogen (secondary N) is 1. The van der Waals surface area contributed by atoms with E-state index in [1.807, 2.05) is 0 Å². The van der Waals surface area contributed by atoms with Crippen LogP contribution in [0.1, 0.15) is 40.0 Å². The van der Waals surface area contributed by atoms with Gasteiger partial charge in [-0.05, 0) is 13.1 Å². The lowest BCUT2D eigenvalue weighted by Gasteiger charge is -1.79. The second kappa shape index (κ2) is 15.9. The van der Waals surface area contributed by atoms with E-state index < -0.39 is 0 Å². The molecule has 0 atom stereocenters. The number of hydrogen-bond donors (Lipinski definition) is 1. The largest absolute Gasteiger partial charge is 0.313 e. The van der Waals surface area contributed by atoms with Crippen LogP contribution in [0.5, 0.6) is 0 Å². The molecule has 0 aromatic carbocycles. The van der Waals surface area contributed by atoms with Crippen LogP contribution in [0.25, 0.3) is 0 Å². The first kappa shape index (κ1) is 10.6. The fourth-order valence-electron chi connectivity index (χ4n) is 0.354. The van der Waals surface area contributed by atoms with Crippen molar-refractivity contribution in [2.24, 2.45) is 0 Å². The highest BCUT2D eigenvalue weighted by Gasteiger charge is 1.68. The SMILES string of the molecule is CC=N.CCCCC. The summed E-state index contributed by atoms with van der Waals surface area (Å²) in [6, 6.07) is 0. The zero-order valence-electron chi connectivity index (χ0n) is 6.20. The van der Waals surface area contributed by atoms with Gasteiger partial charge in [-0.2, -0.15) is 0 Å². The molecule has 0 fully saturated rings. The molecule has 1 heteroatoms. The van der Waals surface area contributed by atoms with Gasteiger partial charge in [0.2, 0.25) is 0 Å². The van der Waals surface area contributed by atoms with Crippen molar-refractivity contribution in [1.29, 1.82) is 5.41 Å². The van der Waals surface area contributed by atoms with Crippen molar-refractivity contribution in [2.75, 3.05) is 0 Å². The summed E-state index contributed by atoms with van der Waals surface area (Å²) in [6.07, 6.45) is 5.33. The molecule has 0 unspecified atom stereocenters. The molecule has 0 aliphatic heterocycles. The Bertz CT molecular complexity index is 31.4. The van der Waals surface area contributed by atoms with E-state index in [0.717, 1.165) is 0 Å². The highest BCUT2D eigenvalue weighted by Crippen LogP contribution is 1.88. The molecule has 0 spiro atoms. The number of unbranched alkanes of at least 4 members (excludes halogenated alkanes) is 2. The molecule has 0 amide bonds. The van der Waals surface area contributed by atoms with Crippen LogP contribution >= 0.6 is 0 Å². The van der Waals surface area contributed by atoms with Crippen molar-refractivity contribution in [3.05, 3.63) is 0 Å². The molecule has 0 radical (unpaired) electrons. The average Bonchev–Trinajstić information content (AvgIpc) is 1.71. The molecule has 0 bridgehead atoms. The van der Waals surface area contributed by atoms with E-state index in [1.165, 1.54) is 25.5 Å². The first-order chi connectivity index (χ1) is 3.83. The van der Waals surface area contributed by atoms with Crippen LogP contribution in [0.15, 0.2) is 0 Å². The molecule has 0 aromatic heterocycles. The van der Waals surface area contributed by atoms with Gasteiger partial charge in [0.25, 0.3) is 0 Å². The summed E-state index contributed by atoms with van der Waals surface area (Å²) < 4.78 is 0. The fraction of sp³-hybridized carbons (Fsp3) is 0.857. The second-order valence-electron chi connectivity index (χ2n) is 1.64. The Morgan fingerprint density at radius 1 is 1.25 bits per heavy atom. The number of rotatable bonds is 2. The van der Waals surface area contributed by atoms with Gasteiger partial charge in [-0.15, -0.1) is 0 Å². The van der Waals surface area contributed by atoms with Crippen LogP contribution in [0.3, 0.4) is 0 Å². The average molecular weight is 115 g/mol. The van der Waals surface area contributed by atoms with Gasteiger partial charge in [-0.25, -0.2) is 0 Å². The van der Waals surface area contributed by atoms with Crippen molar-refractivity contribution in [3.63, 3.8) is 0 Å². The maximum absolute atomic E-state index is 6.08. The molecule has 0 rings (SSSR count). The van der Waals surface area contributed by atoms with Crippen LogP contribution in [-0.2, 0) is 0 Å². The molecule has 0 saturated heterocycles. The minimum absolute atomic E-state index is 1.25. The Hall–Kier alpha value is -0.330. The van der Waals surface area contributed by atoms with E-state index in [0.29, 0.717) is 0 Å².